The van der Waals surface area contributed by atoms with Crippen LogP contribution < -0.4 is 34.9 Å². The molecule has 0 radical (unpaired) electrons. The van der Waals surface area contributed by atoms with Crippen molar-refractivity contribution in [3.8, 4) is 0 Å². The van der Waals surface area contributed by atoms with Crippen LogP contribution in [-0.4, -0.2) is 9.30 Å². The van der Waals surface area contributed by atoms with E-state index in [-0.39, 0.29) is 29.6 Å². The van der Waals surface area contributed by atoms with Crippen molar-refractivity contribution >= 4 is 35.0 Å². The smallest absolute Gasteiger partial charge is 0.411 e. The van der Waals surface area contributed by atoms with Crippen molar-refractivity contribution in [2.45, 2.75) is 0 Å². The molecule has 0 aliphatic heterocycles. The fourth-order valence-electron chi connectivity index (χ4n) is 0.518. The SMILES string of the molecule is S=C([S-])Nc1ccc[nH]1.[Na+]. The van der Waals surface area contributed by atoms with Gasteiger partial charge in [-0.25, -0.2) is 0 Å². The molecule has 0 aliphatic rings. The molecule has 0 fully saturated rings. The van der Waals surface area contributed by atoms with E-state index in [9.17, 15) is 0 Å². The van der Waals surface area contributed by atoms with Crippen LogP contribution in [0.2, 0.25) is 0 Å². The minimum Gasteiger partial charge on any atom is -0.411 e. The molecular formula is C5H5N2NaS2. The zero-order chi connectivity index (χ0) is 6.69. The van der Waals surface area contributed by atoms with Gasteiger partial charge < -0.3 is 35.1 Å². The molecule has 0 unspecified atom stereocenters. The van der Waals surface area contributed by atoms with Crippen LogP contribution in [0.25, 0.3) is 0 Å². The molecule has 0 spiro atoms. The zero-order valence-electron chi connectivity index (χ0n) is 5.55. The monoisotopic (exact) mass is 180 g/mol. The molecule has 0 atom stereocenters. The Balaban J connectivity index is 0.000000810. The number of nitrogens with one attached hydrogen (secondary N) is 2. The third-order valence-corrected chi connectivity index (χ3v) is 1.04. The van der Waals surface area contributed by atoms with E-state index in [0.29, 0.717) is 4.32 Å². The molecule has 10 heavy (non-hydrogen) atoms. The summed E-state index contributed by atoms with van der Waals surface area (Å²) in [4.78, 5) is 2.90. The summed E-state index contributed by atoms with van der Waals surface area (Å²) in [5.41, 5.74) is 0. The molecule has 48 valence electrons. The van der Waals surface area contributed by atoms with E-state index in [2.05, 4.69) is 35.1 Å². The van der Waals surface area contributed by atoms with Crippen LogP contribution in [0.3, 0.4) is 0 Å². The number of aromatic nitrogens is 1. The van der Waals surface area contributed by atoms with Gasteiger partial charge in [-0.05, 0) is 12.1 Å². The van der Waals surface area contributed by atoms with E-state index in [1.54, 1.807) is 6.20 Å². The molecule has 0 amide bonds. The molecule has 0 aromatic carbocycles. The maximum absolute atomic E-state index is 4.63. The van der Waals surface area contributed by atoms with Gasteiger partial charge in [0.15, 0.2) is 0 Å². The third-order valence-electron chi connectivity index (χ3n) is 0.835. The van der Waals surface area contributed by atoms with E-state index < -0.39 is 0 Å². The quantitative estimate of drug-likeness (QED) is 0.305. The molecule has 0 aliphatic carbocycles. The topological polar surface area (TPSA) is 27.8 Å². The molecule has 0 saturated carbocycles. The molecule has 1 rings (SSSR count). The van der Waals surface area contributed by atoms with Gasteiger partial charge in [0.05, 0.1) is 0 Å². The summed E-state index contributed by atoms with van der Waals surface area (Å²) >= 11 is 9.25. The maximum Gasteiger partial charge on any atom is 1.00 e. The second-order valence-electron chi connectivity index (χ2n) is 1.50. The van der Waals surface area contributed by atoms with Crippen LogP contribution in [0.5, 0.6) is 0 Å². The zero-order valence-corrected chi connectivity index (χ0v) is 9.18. The van der Waals surface area contributed by atoms with Crippen molar-refractivity contribution in [3.63, 3.8) is 0 Å². The van der Waals surface area contributed by atoms with Gasteiger partial charge in [-0.3, -0.25) is 0 Å². The van der Waals surface area contributed by atoms with Crippen LogP contribution in [0.15, 0.2) is 18.3 Å². The second kappa shape index (κ2) is 5.09. The van der Waals surface area contributed by atoms with Crippen LogP contribution >= 0.6 is 12.2 Å². The van der Waals surface area contributed by atoms with Crippen LogP contribution in [-0.2, 0) is 12.6 Å². The van der Waals surface area contributed by atoms with Gasteiger partial charge in [0, 0.05) is 6.20 Å². The first-order chi connectivity index (χ1) is 4.29. The fraction of sp³-hybridized carbons (Fsp3) is 0. The Bertz CT molecular complexity index is 197. The maximum atomic E-state index is 4.63. The first-order valence-corrected chi connectivity index (χ1v) is 3.22. The number of hydrogen-bond donors (Lipinski definition) is 2. The van der Waals surface area contributed by atoms with Gasteiger partial charge in [-0.15, -0.1) is 0 Å². The van der Waals surface area contributed by atoms with Crippen molar-refractivity contribution in [2.75, 3.05) is 5.32 Å². The Morgan fingerprint density at radius 3 is 2.80 bits per heavy atom. The Hall–Kier alpha value is 0.390. The van der Waals surface area contributed by atoms with Crippen molar-refractivity contribution in [3.05, 3.63) is 18.3 Å². The fourth-order valence-corrected chi connectivity index (χ4v) is 0.738. The van der Waals surface area contributed by atoms with Gasteiger partial charge in [-0.2, -0.15) is 0 Å². The second-order valence-corrected chi connectivity index (χ2v) is 2.57. The Morgan fingerprint density at radius 2 is 2.40 bits per heavy atom. The van der Waals surface area contributed by atoms with E-state index >= 15 is 0 Å². The first kappa shape index (κ1) is 10.4. The summed E-state index contributed by atoms with van der Waals surface area (Å²) in [6, 6.07) is 3.73. The predicted octanol–water partition coefficient (Wildman–Crippen LogP) is -1.74. The van der Waals surface area contributed by atoms with E-state index in [1.807, 2.05) is 12.1 Å². The van der Waals surface area contributed by atoms with Gasteiger partial charge in [0.1, 0.15) is 5.82 Å². The van der Waals surface area contributed by atoms with E-state index in [1.165, 1.54) is 0 Å². The number of anilines is 1. The molecule has 1 heterocycles. The molecule has 2 N–H and O–H groups in total. The minimum absolute atomic E-state index is 0. The minimum atomic E-state index is 0. The molecule has 0 bridgehead atoms. The van der Waals surface area contributed by atoms with Crippen molar-refractivity contribution in [1.29, 1.82) is 0 Å². The summed E-state index contributed by atoms with van der Waals surface area (Å²) in [6.07, 6.45) is 1.80. The molecular weight excluding hydrogens is 175 g/mol. The van der Waals surface area contributed by atoms with Crippen molar-refractivity contribution in [2.24, 2.45) is 0 Å². The summed E-state index contributed by atoms with van der Waals surface area (Å²) in [5.74, 6) is 0.843. The van der Waals surface area contributed by atoms with E-state index in [0.717, 1.165) is 5.82 Å². The summed E-state index contributed by atoms with van der Waals surface area (Å²) in [7, 11) is 0. The van der Waals surface area contributed by atoms with Gasteiger partial charge >= 0.3 is 29.6 Å². The predicted molar refractivity (Wildman–Crippen MR) is 44.4 cm³/mol. The molecule has 1 aromatic heterocycles. The normalized spacial score (nSPS) is 8.00. The number of hydrogen-bond acceptors (Lipinski definition) is 2. The summed E-state index contributed by atoms with van der Waals surface area (Å²) < 4.78 is 0.359. The average molecular weight is 180 g/mol. The van der Waals surface area contributed by atoms with Crippen LogP contribution in [0.4, 0.5) is 5.82 Å². The Morgan fingerprint density at radius 1 is 1.70 bits per heavy atom. The van der Waals surface area contributed by atoms with Crippen LogP contribution in [0.1, 0.15) is 0 Å². The number of rotatable bonds is 1. The van der Waals surface area contributed by atoms with E-state index in [4.69, 9.17) is 0 Å². The largest absolute Gasteiger partial charge is 1.00 e. The van der Waals surface area contributed by atoms with Gasteiger partial charge in [0.2, 0.25) is 0 Å². The number of aromatic amines is 1. The summed E-state index contributed by atoms with van der Waals surface area (Å²) in [6.45, 7) is 0. The average Bonchev–Trinajstić information content (AvgIpc) is 2.15. The Kier molecular flexibility index (Phi) is 5.29. The Labute approximate surface area is 92.5 Å². The standard InChI is InChI=1S/C5H6N2S2.Na/c8-5(9)7-4-2-1-3-6-4;/h1-3,6H,(H2,7,8,9);/q;+1/p-1. The molecule has 0 saturated heterocycles. The number of thiocarbonyl (C=S) groups is 1. The summed E-state index contributed by atoms with van der Waals surface area (Å²) in [5, 5.41) is 2.78. The van der Waals surface area contributed by atoms with Gasteiger partial charge in [-0.1, -0.05) is 4.32 Å². The van der Waals surface area contributed by atoms with Crippen molar-refractivity contribution in [1.82, 2.24) is 4.98 Å². The van der Waals surface area contributed by atoms with Gasteiger partial charge in [0.25, 0.3) is 0 Å². The van der Waals surface area contributed by atoms with Crippen molar-refractivity contribution < 1.29 is 29.6 Å². The third kappa shape index (κ3) is 3.53. The molecule has 5 heteroatoms. The molecule has 2 nitrogen and oxygen atoms in total. The van der Waals surface area contributed by atoms with Crippen LogP contribution in [0, 0.1) is 0 Å². The molecule has 1 aromatic rings. The first-order valence-electron chi connectivity index (χ1n) is 2.40. The number of H-pyrrole nitrogens is 1.